The van der Waals surface area contributed by atoms with Gasteiger partial charge in [0.1, 0.15) is 0 Å². The Morgan fingerprint density at radius 1 is 1.29 bits per heavy atom. The third-order valence-electron chi connectivity index (χ3n) is 2.81. The molecule has 1 heterocycles. The first-order valence-corrected chi connectivity index (χ1v) is 5.27. The van der Waals surface area contributed by atoms with Gasteiger partial charge in [-0.3, -0.25) is 0 Å². The van der Waals surface area contributed by atoms with Crippen LogP contribution in [0.4, 0.5) is 0 Å². The minimum Gasteiger partial charge on any atom is -0.356 e. The molecule has 0 saturated heterocycles. The van der Waals surface area contributed by atoms with E-state index in [0.29, 0.717) is 0 Å². The van der Waals surface area contributed by atoms with Gasteiger partial charge in [0, 0.05) is 0 Å². The van der Waals surface area contributed by atoms with Crippen LogP contribution in [0.15, 0.2) is 18.2 Å². The van der Waals surface area contributed by atoms with Crippen LogP contribution in [0.1, 0.15) is 31.9 Å². The van der Waals surface area contributed by atoms with Crippen molar-refractivity contribution in [3.63, 3.8) is 0 Å². The molecule has 1 radical (unpaired) electrons. The maximum atomic E-state index is 3.29. The van der Waals surface area contributed by atoms with E-state index in [9.17, 15) is 0 Å². The summed E-state index contributed by atoms with van der Waals surface area (Å²) in [5.74, 6) is 0. The lowest BCUT2D eigenvalue weighted by Crippen LogP contribution is -2.40. The Labute approximate surface area is 87.2 Å². The fourth-order valence-corrected chi connectivity index (χ4v) is 1.81. The molecule has 0 amide bonds. The van der Waals surface area contributed by atoms with Crippen LogP contribution in [0, 0.1) is 0 Å². The highest BCUT2D eigenvalue weighted by Crippen LogP contribution is 2.21. The SMILES string of the molecule is CC(C)(C)c1ccc2c(c1)[B]NCC2. The van der Waals surface area contributed by atoms with E-state index < -0.39 is 0 Å². The molecule has 2 heteroatoms. The zero-order chi connectivity index (χ0) is 10.2. The van der Waals surface area contributed by atoms with Crippen LogP contribution in [-0.2, 0) is 11.8 Å². The Kier molecular flexibility index (Phi) is 2.40. The van der Waals surface area contributed by atoms with E-state index in [1.165, 1.54) is 16.6 Å². The molecule has 0 aromatic heterocycles. The van der Waals surface area contributed by atoms with Gasteiger partial charge in [0.15, 0.2) is 0 Å². The Morgan fingerprint density at radius 2 is 2.07 bits per heavy atom. The van der Waals surface area contributed by atoms with E-state index in [1.54, 1.807) is 0 Å². The van der Waals surface area contributed by atoms with Gasteiger partial charge in [-0.1, -0.05) is 50.0 Å². The highest BCUT2D eigenvalue weighted by molar-refractivity contribution is 6.52. The average molecular weight is 186 g/mol. The molecule has 1 N–H and O–H groups in total. The van der Waals surface area contributed by atoms with Crippen molar-refractivity contribution in [2.24, 2.45) is 0 Å². The summed E-state index contributed by atoms with van der Waals surface area (Å²) in [5, 5.41) is 3.29. The molecule has 0 spiro atoms. The van der Waals surface area contributed by atoms with Gasteiger partial charge in [-0.25, -0.2) is 0 Å². The Morgan fingerprint density at radius 3 is 2.79 bits per heavy atom. The third-order valence-corrected chi connectivity index (χ3v) is 2.81. The number of hydrogen-bond acceptors (Lipinski definition) is 1. The van der Waals surface area contributed by atoms with Gasteiger partial charge < -0.3 is 5.23 Å². The molecule has 1 aromatic rings. The Bertz CT molecular complexity index is 339. The molecule has 0 bridgehead atoms. The van der Waals surface area contributed by atoms with Crippen LogP contribution in [0.3, 0.4) is 0 Å². The smallest absolute Gasteiger partial charge is 0.245 e. The monoisotopic (exact) mass is 186 g/mol. The summed E-state index contributed by atoms with van der Waals surface area (Å²) in [6.45, 7) is 7.84. The normalized spacial score (nSPS) is 15.9. The molecular formula is C12H17BN. The molecule has 73 valence electrons. The molecule has 1 aliphatic rings. The van der Waals surface area contributed by atoms with Gasteiger partial charge in [0.05, 0.1) is 0 Å². The Hall–Kier alpha value is -0.755. The lowest BCUT2D eigenvalue weighted by Gasteiger charge is -2.23. The summed E-state index contributed by atoms with van der Waals surface area (Å²) in [6.07, 6.45) is 1.15. The first-order valence-electron chi connectivity index (χ1n) is 5.27. The van der Waals surface area contributed by atoms with Crippen molar-refractivity contribution in [2.75, 3.05) is 6.54 Å². The minimum absolute atomic E-state index is 0.250. The van der Waals surface area contributed by atoms with Gasteiger partial charge >= 0.3 is 0 Å². The zero-order valence-corrected chi connectivity index (χ0v) is 9.22. The molecule has 0 fully saturated rings. The lowest BCUT2D eigenvalue weighted by molar-refractivity contribution is 0.590. The van der Waals surface area contributed by atoms with Gasteiger partial charge in [-0.2, -0.15) is 0 Å². The summed E-state index contributed by atoms with van der Waals surface area (Å²) in [4.78, 5) is 0. The predicted octanol–water partition coefficient (Wildman–Crippen LogP) is 1.37. The molecule has 0 saturated carbocycles. The van der Waals surface area contributed by atoms with Crippen LogP contribution in [-0.4, -0.2) is 14.0 Å². The van der Waals surface area contributed by atoms with Gasteiger partial charge in [0.2, 0.25) is 7.41 Å². The second kappa shape index (κ2) is 3.43. The summed E-state index contributed by atoms with van der Waals surface area (Å²) < 4.78 is 0. The molecule has 1 nitrogen and oxygen atoms in total. The molecule has 1 aromatic carbocycles. The van der Waals surface area contributed by atoms with E-state index in [2.05, 4.69) is 51.6 Å². The van der Waals surface area contributed by atoms with Gasteiger partial charge in [-0.15, -0.1) is 0 Å². The molecule has 0 atom stereocenters. The molecule has 2 rings (SSSR count). The van der Waals surface area contributed by atoms with E-state index in [-0.39, 0.29) is 5.41 Å². The Balaban J connectivity index is 2.39. The zero-order valence-electron chi connectivity index (χ0n) is 9.22. The standard InChI is InChI=1S/C12H17BN/c1-12(2,3)10-5-4-9-6-7-14-13-11(9)8-10/h4-5,8,14H,6-7H2,1-3H3. The maximum absolute atomic E-state index is 3.29. The fraction of sp³-hybridized carbons (Fsp3) is 0.500. The highest BCUT2D eigenvalue weighted by atomic mass is 14.8. The quantitative estimate of drug-likeness (QED) is 0.603. The lowest BCUT2D eigenvalue weighted by atomic mass is 9.72. The number of rotatable bonds is 0. The number of nitrogens with one attached hydrogen (secondary N) is 1. The van der Waals surface area contributed by atoms with Crippen LogP contribution < -0.4 is 10.7 Å². The fourth-order valence-electron chi connectivity index (χ4n) is 1.81. The van der Waals surface area contributed by atoms with Crippen molar-refractivity contribution in [2.45, 2.75) is 32.6 Å². The van der Waals surface area contributed by atoms with Gasteiger partial charge in [0.25, 0.3) is 0 Å². The third kappa shape index (κ3) is 1.85. The second-order valence-electron chi connectivity index (χ2n) is 5.01. The number of benzene rings is 1. The van der Waals surface area contributed by atoms with Crippen LogP contribution in [0.25, 0.3) is 0 Å². The average Bonchev–Trinajstić information content (AvgIpc) is 2.16. The van der Waals surface area contributed by atoms with Gasteiger partial charge in [-0.05, 0) is 23.9 Å². The maximum Gasteiger partial charge on any atom is 0.245 e. The first kappa shape index (κ1) is 9.79. The molecule has 14 heavy (non-hydrogen) atoms. The van der Waals surface area contributed by atoms with E-state index >= 15 is 0 Å². The summed E-state index contributed by atoms with van der Waals surface area (Å²) in [6, 6.07) is 6.84. The van der Waals surface area contributed by atoms with Crippen LogP contribution in [0.2, 0.25) is 0 Å². The molecular weight excluding hydrogens is 169 g/mol. The van der Waals surface area contributed by atoms with Crippen molar-refractivity contribution in [1.29, 1.82) is 0 Å². The topological polar surface area (TPSA) is 12.0 Å². The molecule has 1 aliphatic heterocycles. The van der Waals surface area contributed by atoms with E-state index in [1.807, 2.05) is 0 Å². The van der Waals surface area contributed by atoms with Crippen LogP contribution in [0.5, 0.6) is 0 Å². The molecule has 0 unspecified atom stereocenters. The van der Waals surface area contributed by atoms with Crippen molar-refractivity contribution in [3.8, 4) is 0 Å². The van der Waals surface area contributed by atoms with E-state index in [0.717, 1.165) is 13.0 Å². The summed E-state index contributed by atoms with van der Waals surface area (Å²) in [5.41, 5.74) is 4.50. The predicted molar refractivity (Wildman–Crippen MR) is 62.2 cm³/mol. The number of fused-ring (bicyclic) bond motifs is 1. The molecule has 0 aliphatic carbocycles. The summed E-state index contributed by atoms with van der Waals surface area (Å²) >= 11 is 0. The first-order chi connectivity index (χ1) is 6.57. The largest absolute Gasteiger partial charge is 0.356 e. The van der Waals surface area contributed by atoms with Crippen molar-refractivity contribution in [3.05, 3.63) is 29.3 Å². The van der Waals surface area contributed by atoms with Crippen molar-refractivity contribution < 1.29 is 0 Å². The number of hydrogen-bond donors (Lipinski definition) is 1. The summed E-state index contributed by atoms with van der Waals surface area (Å²) in [7, 11) is 2.13. The van der Waals surface area contributed by atoms with Crippen molar-refractivity contribution in [1.82, 2.24) is 5.23 Å². The van der Waals surface area contributed by atoms with Crippen LogP contribution >= 0.6 is 0 Å². The van der Waals surface area contributed by atoms with E-state index in [4.69, 9.17) is 0 Å². The highest BCUT2D eigenvalue weighted by Gasteiger charge is 2.17. The minimum atomic E-state index is 0.250. The van der Waals surface area contributed by atoms with Crippen molar-refractivity contribution >= 4 is 12.9 Å². The second-order valence-corrected chi connectivity index (χ2v) is 5.01.